The molecule has 1 aromatic rings. The number of nitrogens with zero attached hydrogens (tertiary/aromatic N) is 2. The van der Waals surface area contributed by atoms with Crippen molar-refractivity contribution in [3.63, 3.8) is 0 Å². The molecule has 22 heavy (non-hydrogen) atoms. The summed E-state index contributed by atoms with van der Waals surface area (Å²) in [6.07, 6.45) is 3.19. The second-order valence-electron chi connectivity index (χ2n) is 3.74. The Hall–Kier alpha value is -3.64. The smallest absolute Gasteiger partial charge is 0.335 e. The first-order valence-corrected chi connectivity index (χ1v) is 5.88. The molecule has 0 aliphatic rings. The van der Waals surface area contributed by atoms with E-state index in [0.717, 1.165) is 12.2 Å². The first kappa shape index (κ1) is 16.4. The topological polar surface area (TPSA) is 100 Å². The van der Waals surface area contributed by atoms with Crippen molar-refractivity contribution in [1.82, 2.24) is 0 Å². The number of carbonyl (C=O) groups excluding carboxylic acids is 2. The van der Waals surface area contributed by atoms with Gasteiger partial charge in [0, 0.05) is 12.2 Å². The Labute approximate surface area is 126 Å². The molecule has 6 nitrogen and oxygen atoms in total. The van der Waals surface area contributed by atoms with E-state index < -0.39 is 11.9 Å². The fourth-order valence-corrected chi connectivity index (χ4v) is 1.33. The SMILES string of the molecule is C=CC(=O)Oc1ccc(C=C(C#N)C#N)cc1OC(=O)C=C. The largest absolute Gasteiger partial charge is 0.419 e. The molecular weight excluding hydrogens is 284 g/mol. The number of rotatable bonds is 5. The van der Waals surface area contributed by atoms with Crippen molar-refractivity contribution in [2.24, 2.45) is 0 Å². The molecule has 0 bridgehead atoms. The molecule has 0 heterocycles. The van der Waals surface area contributed by atoms with Gasteiger partial charge in [0.05, 0.1) is 0 Å². The van der Waals surface area contributed by atoms with Crippen LogP contribution in [0.2, 0.25) is 0 Å². The molecular formula is C16H10N2O4. The summed E-state index contributed by atoms with van der Waals surface area (Å²) in [4.78, 5) is 22.6. The van der Waals surface area contributed by atoms with Gasteiger partial charge in [-0.05, 0) is 23.8 Å². The first-order chi connectivity index (χ1) is 10.5. The van der Waals surface area contributed by atoms with Crippen molar-refractivity contribution in [3.8, 4) is 23.6 Å². The highest BCUT2D eigenvalue weighted by molar-refractivity contribution is 5.86. The van der Waals surface area contributed by atoms with Gasteiger partial charge in [-0.1, -0.05) is 19.2 Å². The van der Waals surface area contributed by atoms with Crippen LogP contribution in [0.25, 0.3) is 6.08 Å². The Bertz CT molecular complexity index is 732. The third-order valence-electron chi connectivity index (χ3n) is 2.27. The molecule has 0 spiro atoms. The van der Waals surface area contributed by atoms with Crippen LogP contribution < -0.4 is 9.47 Å². The molecule has 0 aliphatic heterocycles. The molecule has 0 saturated carbocycles. The minimum Gasteiger partial charge on any atom is -0.419 e. The van der Waals surface area contributed by atoms with Gasteiger partial charge in [0.15, 0.2) is 11.5 Å². The number of ether oxygens (including phenoxy) is 2. The lowest BCUT2D eigenvalue weighted by Gasteiger charge is -2.09. The van der Waals surface area contributed by atoms with E-state index in [1.807, 2.05) is 0 Å². The summed E-state index contributed by atoms with van der Waals surface area (Å²) >= 11 is 0. The summed E-state index contributed by atoms with van der Waals surface area (Å²) < 4.78 is 9.90. The summed E-state index contributed by atoms with van der Waals surface area (Å²) in [6.45, 7) is 6.53. The van der Waals surface area contributed by atoms with Crippen LogP contribution in [0.5, 0.6) is 11.5 Å². The van der Waals surface area contributed by atoms with Crippen molar-refractivity contribution in [1.29, 1.82) is 10.5 Å². The molecule has 1 rings (SSSR count). The molecule has 0 unspecified atom stereocenters. The minimum absolute atomic E-state index is 0.00675. The van der Waals surface area contributed by atoms with Crippen molar-refractivity contribution in [2.45, 2.75) is 0 Å². The monoisotopic (exact) mass is 294 g/mol. The maximum Gasteiger partial charge on any atom is 0.335 e. The van der Waals surface area contributed by atoms with Crippen molar-refractivity contribution in [2.75, 3.05) is 0 Å². The number of carbonyl (C=O) groups is 2. The second-order valence-corrected chi connectivity index (χ2v) is 3.74. The molecule has 0 radical (unpaired) electrons. The predicted molar refractivity (Wildman–Crippen MR) is 77.3 cm³/mol. The van der Waals surface area contributed by atoms with Gasteiger partial charge in [0.2, 0.25) is 0 Å². The Morgan fingerprint density at radius 3 is 2.05 bits per heavy atom. The standard InChI is InChI=1S/C16H10N2O4/c1-3-15(19)21-13-6-5-11(7-12(9-17)10-18)8-14(13)22-16(20)4-2/h3-8H,1-2H2. The fraction of sp³-hybridized carbons (Fsp3) is 0. The average Bonchev–Trinajstić information content (AvgIpc) is 2.54. The highest BCUT2D eigenvalue weighted by Crippen LogP contribution is 2.29. The van der Waals surface area contributed by atoms with Crippen LogP contribution in [0.15, 0.2) is 49.1 Å². The molecule has 0 amide bonds. The van der Waals surface area contributed by atoms with E-state index in [0.29, 0.717) is 5.56 Å². The van der Waals surface area contributed by atoms with E-state index in [-0.39, 0.29) is 17.1 Å². The third kappa shape index (κ3) is 4.48. The van der Waals surface area contributed by atoms with Crippen LogP contribution in [0, 0.1) is 22.7 Å². The van der Waals surface area contributed by atoms with Crippen LogP contribution >= 0.6 is 0 Å². The Morgan fingerprint density at radius 1 is 1.00 bits per heavy atom. The zero-order valence-electron chi connectivity index (χ0n) is 11.4. The maximum atomic E-state index is 11.3. The van der Waals surface area contributed by atoms with Crippen LogP contribution in [0.1, 0.15) is 5.56 Å². The van der Waals surface area contributed by atoms with E-state index in [9.17, 15) is 9.59 Å². The molecule has 1 aromatic carbocycles. The van der Waals surface area contributed by atoms with Crippen LogP contribution in [0.3, 0.4) is 0 Å². The van der Waals surface area contributed by atoms with Gasteiger partial charge in [-0.2, -0.15) is 10.5 Å². The molecule has 0 aromatic heterocycles. The van der Waals surface area contributed by atoms with Crippen LogP contribution in [-0.2, 0) is 9.59 Å². The summed E-state index contributed by atoms with van der Waals surface area (Å²) in [5, 5.41) is 17.5. The van der Waals surface area contributed by atoms with Gasteiger partial charge >= 0.3 is 11.9 Å². The van der Waals surface area contributed by atoms with Crippen molar-refractivity contribution < 1.29 is 19.1 Å². The van der Waals surface area contributed by atoms with Gasteiger partial charge in [0.25, 0.3) is 0 Å². The summed E-state index contributed by atoms with van der Waals surface area (Å²) in [5.41, 5.74) is 0.292. The molecule has 0 aliphatic carbocycles. The van der Waals surface area contributed by atoms with E-state index in [4.69, 9.17) is 20.0 Å². The van der Waals surface area contributed by atoms with Gasteiger partial charge in [-0.3, -0.25) is 0 Å². The van der Waals surface area contributed by atoms with Gasteiger partial charge in [-0.25, -0.2) is 9.59 Å². The molecule has 0 atom stereocenters. The Morgan fingerprint density at radius 2 is 1.55 bits per heavy atom. The zero-order valence-corrected chi connectivity index (χ0v) is 11.4. The molecule has 0 fully saturated rings. The first-order valence-electron chi connectivity index (χ1n) is 5.88. The molecule has 108 valence electrons. The lowest BCUT2D eigenvalue weighted by molar-refractivity contribution is -0.131. The van der Waals surface area contributed by atoms with E-state index in [2.05, 4.69) is 13.2 Å². The van der Waals surface area contributed by atoms with Gasteiger partial charge < -0.3 is 9.47 Å². The lowest BCUT2D eigenvalue weighted by Crippen LogP contribution is -2.08. The predicted octanol–water partition coefficient (Wildman–Crippen LogP) is 2.30. The molecule has 6 heteroatoms. The lowest BCUT2D eigenvalue weighted by atomic mass is 10.1. The summed E-state index contributed by atoms with van der Waals surface area (Å²) in [6, 6.07) is 7.62. The number of allylic oxidation sites excluding steroid dienone is 1. The number of benzene rings is 1. The van der Waals surface area contributed by atoms with Crippen molar-refractivity contribution >= 4 is 18.0 Å². The quantitative estimate of drug-likeness (QED) is 0.357. The highest BCUT2D eigenvalue weighted by Gasteiger charge is 2.12. The van der Waals surface area contributed by atoms with Gasteiger partial charge in [-0.15, -0.1) is 0 Å². The fourth-order valence-electron chi connectivity index (χ4n) is 1.33. The van der Waals surface area contributed by atoms with E-state index in [1.54, 1.807) is 12.1 Å². The summed E-state index contributed by atoms with van der Waals surface area (Å²) in [7, 11) is 0. The molecule has 0 saturated heterocycles. The van der Waals surface area contributed by atoms with E-state index >= 15 is 0 Å². The molecule has 0 N–H and O–H groups in total. The van der Waals surface area contributed by atoms with Crippen LogP contribution in [-0.4, -0.2) is 11.9 Å². The number of esters is 2. The van der Waals surface area contributed by atoms with Gasteiger partial charge in [0.1, 0.15) is 17.7 Å². The minimum atomic E-state index is -0.752. The number of hydrogen-bond donors (Lipinski definition) is 0. The Kier molecular flexibility index (Phi) is 5.84. The van der Waals surface area contributed by atoms with Crippen LogP contribution in [0.4, 0.5) is 0 Å². The summed E-state index contributed by atoms with van der Waals surface area (Å²) in [5.74, 6) is -1.54. The third-order valence-corrected chi connectivity index (χ3v) is 2.27. The number of nitriles is 2. The zero-order chi connectivity index (χ0) is 16.5. The normalized spacial score (nSPS) is 8.64. The van der Waals surface area contributed by atoms with Crippen molar-refractivity contribution in [3.05, 3.63) is 54.6 Å². The number of hydrogen-bond acceptors (Lipinski definition) is 6. The average molecular weight is 294 g/mol. The van der Waals surface area contributed by atoms with E-state index in [1.165, 1.54) is 24.3 Å². The second kappa shape index (κ2) is 7.83. The Balaban J connectivity index is 3.28. The highest BCUT2D eigenvalue weighted by atomic mass is 16.6. The maximum absolute atomic E-state index is 11.3.